The molecule has 0 fully saturated rings. The molecule has 0 saturated heterocycles. The van der Waals surface area contributed by atoms with Crippen LogP contribution in [0.4, 0.5) is 5.82 Å². The van der Waals surface area contributed by atoms with Crippen molar-refractivity contribution in [2.24, 2.45) is 0 Å². The number of carbonyl (C=O) groups is 1. The van der Waals surface area contributed by atoms with Crippen LogP contribution in [-0.2, 0) is 5.41 Å². The van der Waals surface area contributed by atoms with E-state index >= 15 is 0 Å². The second-order valence-electron chi connectivity index (χ2n) is 6.02. The Morgan fingerprint density at radius 1 is 1.25 bits per heavy atom. The minimum Gasteiger partial charge on any atom is -0.370 e. The molecule has 1 amide bonds. The lowest BCUT2D eigenvalue weighted by Crippen LogP contribution is -2.25. The molecular weight excluding hydrogens is 250 g/mol. The number of nitrogens with zero attached hydrogens (tertiary/aromatic N) is 1. The lowest BCUT2D eigenvalue weighted by atomic mass is 9.90. The third-order valence-electron chi connectivity index (χ3n) is 3.03. The summed E-state index contributed by atoms with van der Waals surface area (Å²) >= 11 is 0. The molecule has 0 aliphatic carbocycles. The van der Waals surface area contributed by atoms with Crippen LogP contribution in [0.5, 0.6) is 0 Å². The van der Waals surface area contributed by atoms with E-state index in [1.54, 1.807) is 0 Å². The number of hydrogen-bond acceptors (Lipinski definition) is 3. The largest absolute Gasteiger partial charge is 0.370 e. The summed E-state index contributed by atoms with van der Waals surface area (Å²) in [5.41, 5.74) is 1.53. The average Bonchev–Trinajstić information content (AvgIpc) is 2.38. The molecule has 1 aromatic rings. The van der Waals surface area contributed by atoms with Crippen molar-refractivity contribution >= 4 is 11.7 Å². The minimum absolute atomic E-state index is 0.0227. The van der Waals surface area contributed by atoms with E-state index in [1.807, 2.05) is 19.1 Å². The van der Waals surface area contributed by atoms with Crippen LogP contribution in [0.25, 0.3) is 0 Å². The van der Waals surface area contributed by atoms with Crippen molar-refractivity contribution in [3.05, 3.63) is 23.4 Å². The summed E-state index contributed by atoms with van der Waals surface area (Å²) in [5.74, 6) is 0.742. The Balaban J connectivity index is 2.99. The number of nitrogens with one attached hydrogen (secondary N) is 2. The van der Waals surface area contributed by atoms with Crippen LogP contribution in [0, 0.1) is 0 Å². The molecule has 1 heterocycles. The van der Waals surface area contributed by atoms with Gasteiger partial charge in [0.1, 0.15) is 5.82 Å². The van der Waals surface area contributed by atoms with Crippen molar-refractivity contribution in [2.45, 2.75) is 52.9 Å². The normalized spacial score (nSPS) is 11.2. The lowest BCUT2D eigenvalue weighted by Gasteiger charge is -2.20. The highest BCUT2D eigenvalue weighted by Crippen LogP contribution is 2.23. The minimum atomic E-state index is -0.0795. The van der Waals surface area contributed by atoms with Crippen LogP contribution >= 0.6 is 0 Å². The van der Waals surface area contributed by atoms with E-state index in [9.17, 15) is 4.79 Å². The van der Waals surface area contributed by atoms with E-state index in [2.05, 4.69) is 43.3 Å². The van der Waals surface area contributed by atoms with E-state index in [4.69, 9.17) is 0 Å². The van der Waals surface area contributed by atoms with Gasteiger partial charge in [-0.2, -0.15) is 0 Å². The van der Waals surface area contributed by atoms with E-state index in [0.29, 0.717) is 5.56 Å². The first-order valence-corrected chi connectivity index (χ1v) is 7.43. The molecule has 4 heteroatoms. The molecular formula is C16H27N3O. The standard InChI is InChI=1S/C16H27N3O/c1-6-8-9-18-15(20)12-10-13(16(3,4)5)19-14(11-12)17-7-2/h10-11H,6-9H2,1-5H3,(H,17,19)(H,18,20). The highest BCUT2D eigenvalue weighted by Gasteiger charge is 2.19. The number of aromatic nitrogens is 1. The summed E-state index contributed by atoms with van der Waals surface area (Å²) in [5, 5.41) is 6.14. The Morgan fingerprint density at radius 2 is 1.95 bits per heavy atom. The fourth-order valence-corrected chi connectivity index (χ4v) is 1.80. The van der Waals surface area contributed by atoms with E-state index in [0.717, 1.165) is 37.4 Å². The van der Waals surface area contributed by atoms with Crippen LogP contribution in [0.3, 0.4) is 0 Å². The summed E-state index contributed by atoms with van der Waals surface area (Å²) < 4.78 is 0. The molecule has 0 saturated carbocycles. The Labute approximate surface area is 122 Å². The van der Waals surface area contributed by atoms with Crippen molar-refractivity contribution in [1.29, 1.82) is 0 Å². The predicted molar refractivity (Wildman–Crippen MR) is 84.3 cm³/mol. The lowest BCUT2D eigenvalue weighted by molar-refractivity contribution is 0.0953. The Hall–Kier alpha value is -1.58. The maximum atomic E-state index is 12.2. The summed E-state index contributed by atoms with van der Waals surface area (Å²) in [7, 11) is 0. The van der Waals surface area contributed by atoms with Crippen LogP contribution in [-0.4, -0.2) is 24.0 Å². The number of unbranched alkanes of at least 4 members (excludes halogenated alkanes) is 1. The topological polar surface area (TPSA) is 54.0 Å². The number of amides is 1. The number of carbonyl (C=O) groups excluding carboxylic acids is 1. The van der Waals surface area contributed by atoms with E-state index in [1.165, 1.54) is 0 Å². The third-order valence-corrected chi connectivity index (χ3v) is 3.03. The molecule has 0 aliphatic rings. The molecule has 0 bridgehead atoms. The second-order valence-corrected chi connectivity index (χ2v) is 6.02. The van der Waals surface area contributed by atoms with Gasteiger partial charge in [-0.1, -0.05) is 34.1 Å². The van der Waals surface area contributed by atoms with Crippen LogP contribution < -0.4 is 10.6 Å². The molecule has 0 aliphatic heterocycles. The summed E-state index contributed by atoms with van der Waals surface area (Å²) in [6.45, 7) is 11.9. The quantitative estimate of drug-likeness (QED) is 0.784. The van der Waals surface area contributed by atoms with Gasteiger partial charge in [-0.05, 0) is 25.5 Å². The van der Waals surface area contributed by atoms with Gasteiger partial charge in [0, 0.05) is 29.8 Å². The highest BCUT2D eigenvalue weighted by molar-refractivity contribution is 5.95. The maximum Gasteiger partial charge on any atom is 0.251 e. The van der Waals surface area contributed by atoms with Gasteiger partial charge >= 0.3 is 0 Å². The molecule has 0 radical (unpaired) electrons. The molecule has 0 unspecified atom stereocenters. The van der Waals surface area contributed by atoms with Crippen molar-refractivity contribution in [2.75, 3.05) is 18.4 Å². The monoisotopic (exact) mass is 277 g/mol. The second kappa shape index (κ2) is 7.27. The molecule has 1 rings (SSSR count). The molecule has 4 nitrogen and oxygen atoms in total. The first-order chi connectivity index (χ1) is 9.38. The van der Waals surface area contributed by atoms with Crippen LogP contribution in [0.2, 0.25) is 0 Å². The smallest absolute Gasteiger partial charge is 0.251 e. The van der Waals surface area contributed by atoms with Gasteiger partial charge in [0.15, 0.2) is 0 Å². The fourth-order valence-electron chi connectivity index (χ4n) is 1.80. The van der Waals surface area contributed by atoms with Crippen molar-refractivity contribution < 1.29 is 4.79 Å². The Kier molecular flexibility index (Phi) is 5.99. The van der Waals surface area contributed by atoms with Gasteiger partial charge in [0.2, 0.25) is 0 Å². The molecule has 20 heavy (non-hydrogen) atoms. The average molecular weight is 277 g/mol. The summed E-state index contributed by atoms with van der Waals surface area (Å²) in [6, 6.07) is 3.71. The maximum absolute atomic E-state index is 12.2. The van der Waals surface area contributed by atoms with Gasteiger partial charge in [-0.25, -0.2) is 4.98 Å². The van der Waals surface area contributed by atoms with Gasteiger partial charge in [0.05, 0.1) is 0 Å². The Bertz CT molecular complexity index is 450. The summed E-state index contributed by atoms with van der Waals surface area (Å²) in [6.07, 6.45) is 2.08. The number of rotatable bonds is 6. The third kappa shape index (κ3) is 4.83. The molecule has 112 valence electrons. The number of anilines is 1. The first kappa shape index (κ1) is 16.5. The molecule has 0 spiro atoms. The SMILES string of the molecule is CCCCNC(=O)c1cc(NCC)nc(C(C)(C)C)c1. The van der Waals surface area contributed by atoms with Crippen molar-refractivity contribution in [3.63, 3.8) is 0 Å². The zero-order valence-electron chi connectivity index (χ0n) is 13.3. The molecule has 0 atom stereocenters. The zero-order chi connectivity index (χ0) is 15.2. The summed E-state index contributed by atoms with van der Waals surface area (Å²) in [4.78, 5) is 16.8. The zero-order valence-corrected chi connectivity index (χ0v) is 13.3. The van der Waals surface area contributed by atoms with E-state index < -0.39 is 0 Å². The van der Waals surface area contributed by atoms with Crippen molar-refractivity contribution in [1.82, 2.24) is 10.3 Å². The van der Waals surface area contributed by atoms with Gasteiger partial charge in [-0.15, -0.1) is 0 Å². The Morgan fingerprint density at radius 3 is 2.50 bits per heavy atom. The number of pyridine rings is 1. The fraction of sp³-hybridized carbons (Fsp3) is 0.625. The highest BCUT2D eigenvalue weighted by atomic mass is 16.1. The van der Waals surface area contributed by atoms with Crippen molar-refractivity contribution in [3.8, 4) is 0 Å². The molecule has 0 aromatic carbocycles. The van der Waals surface area contributed by atoms with Gasteiger partial charge < -0.3 is 10.6 Å². The van der Waals surface area contributed by atoms with Gasteiger partial charge in [0.25, 0.3) is 5.91 Å². The molecule has 1 aromatic heterocycles. The molecule has 2 N–H and O–H groups in total. The van der Waals surface area contributed by atoms with Crippen LogP contribution in [0.1, 0.15) is 63.5 Å². The van der Waals surface area contributed by atoms with E-state index in [-0.39, 0.29) is 11.3 Å². The first-order valence-electron chi connectivity index (χ1n) is 7.43. The number of hydrogen-bond donors (Lipinski definition) is 2. The van der Waals surface area contributed by atoms with Gasteiger partial charge in [-0.3, -0.25) is 4.79 Å². The predicted octanol–water partition coefficient (Wildman–Crippen LogP) is 3.34. The van der Waals surface area contributed by atoms with Crippen LogP contribution in [0.15, 0.2) is 12.1 Å².